The van der Waals surface area contributed by atoms with Crippen LogP contribution in [0.25, 0.3) is 0 Å². The Labute approximate surface area is 112 Å². The van der Waals surface area contributed by atoms with E-state index in [0.717, 1.165) is 0 Å². The minimum absolute atomic E-state index is 0.0374. The Bertz CT molecular complexity index is 467. The first-order valence-electron chi connectivity index (χ1n) is 5.87. The van der Waals surface area contributed by atoms with Gasteiger partial charge in [-0.3, -0.25) is 9.59 Å². The van der Waals surface area contributed by atoms with E-state index < -0.39 is 11.9 Å². The Balaban J connectivity index is 3.02. The number of hydrogen-bond acceptors (Lipinski definition) is 5. The number of ketones is 1. The molecular weight excluding hydrogens is 248 g/mol. The van der Waals surface area contributed by atoms with Gasteiger partial charge in [0.05, 0.1) is 33.3 Å². The van der Waals surface area contributed by atoms with E-state index in [9.17, 15) is 9.59 Å². The Hall–Kier alpha value is -2.04. The van der Waals surface area contributed by atoms with E-state index in [1.165, 1.54) is 21.3 Å². The summed E-state index contributed by atoms with van der Waals surface area (Å²) in [4.78, 5) is 23.5. The molecule has 0 aliphatic carbocycles. The Kier molecular flexibility index (Phi) is 5.36. The number of carbonyl (C=O) groups excluding carboxylic acids is 2. The van der Waals surface area contributed by atoms with Crippen molar-refractivity contribution >= 4 is 11.8 Å². The van der Waals surface area contributed by atoms with Crippen molar-refractivity contribution in [3.63, 3.8) is 0 Å². The molecule has 0 aliphatic heterocycles. The van der Waals surface area contributed by atoms with Crippen LogP contribution in [0, 0.1) is 5.92 Å². The predicted molar refractivity (Wildman–Crippen MR) is 69.7 cm³/mol. The van der Waals surface area contributed by atoms with Gasteiger partial charge in [0.25, 0.3) is 0 Å². The molecule has 1 unspecified atom stereocenters. The maximum atomic E-state index is 12.3. The van der Waals surface area contributed by atoms with E-state index in [-0.39, 0.29) is 12.2 Å². The third kappa shape index (κ3) is 3.47. The van der Waals surface area contributed by atoms with Crippen LogP contribution in [0.2, 0.25) is 0 Å². The van der Waals surface area contributed by atoms with Gasteiger partial charge in [-0.1, -0.05) is 13.0 Å². The SMILES string of the molecule is COC(=O)CC(C)C(=O)c1cccc(OC)c1OC. The molecule has 1 atom stereocenters. The minimum Gasteiger partial charge on any atom is -0.493 e. The molecule has 1 aromatic carbocycles. The van der Waals surface area contributed by atoms with Gasteiger partial charge in [-0.2, -0.15) is 0 Å². The van der Waals surface area contributed by atoms with Gasteiger partial charge in [-0.05, 0) is 12.1 Å². The van der Waals surface area contributed by atoms with Crippen molar-refractivity contribution in [3.8, 4) is 11.5 Å². The zero-order valence-electron chi connectivity index (χ0n) is 11.6. The van der Waals surface area contributed by atoms with Crippen LogP contribution in [0.4, 0.5) is 0 Å². The second kappa shape index (κ2) is 6.78. The van der Waals surface area contributed by atoms with E-state index >= 15 is 0 Å². The minimum atomic E-state index is -0.478. The molecule has 0 aromatic heterocycles. The Morgan fingerprint density at radius 3 is 2.37 bits per heavy atom. The van der Waals surface area contributed by atoms with Gasteiger partial charge >= 0.3 is 5.97 Å². The van der Waals surface area contributed by atoms with Crippen LogP contribution in [-0.2, 0) is 9.53 Å². The lowest BCUT2D eigenvalue weighted by molar-refractivity contribution is -0.141. The van der Waals surface area contributed by atoms with Crippen LogP contribution >= 0.6 is 0 Å². The van der Waals surface area contributed by atoms with E-state index in [1.54, 1.807) is 25.1 Å². The highest BCUT2D eigenvalue weighted by Gasteiger charge is 2.23. The molecule has 104 valence electrons. The molecule has 0 N–H and O–H groups in total. The van der Waals surface area contributed by atoms with Gasteiger partial charge in [-0.15, -0.1) is 0 Å². The molecule has 1 aromatic rings. The summed E-state index contributed by atoms with van der Waals surface area (Å²) >= 11 is 0. The summed E-state index contributed by atoms with van der Waals surface area (Å²) in [6, 6.07) is 5.07. The van der Waals surface area contributed by atoms with Crippen molar-refractivity contribution in [2.45, 2.75) is 13.3 Å². The van der Waals surface area contributed by atoms with Crippen molar-refractivity contribution in [3.05, 3.63) is 23.8 Å². The summed E-state index contributed by atoms with van der Waals surface area (Å²) in [5.74, 6) is -0.206. The monoisotopic (exact) mass is 266 g/mol. The number of Topliss-reactive ketones (excluding diaryl/α,β-unsaturated/α-hetero) is 1. The molecule has 5 heteroatoms. The summed E-state index contributed by atoms with van der Waals surface area (Å²) in [6.07, 6.45) is 0.0374. The van der Waals surface area contributed by atoms with Crippen LogP contribution in [0.15, 0.2) is 18.2 Å². The second-order valence-electron chi connectivity index (χ2n) is 4.09. The number of esters is 1. The number of hydrogen-bond donors (Lipinski definition) is 0. The van der Waals surface area contributed by atoms with E-state index in [2.05, 4.69) is 4.74 Å². The Morgan fingerprint density at radius 2 is 1.84 bits per heavy atom. The predicted octanol–water partition coefficient (Wildman–Crippen LogP) is 2.09. The summed E-state index contributed by atoms with van der Waals surface area (Å²) in [6.45, 7) is 1.68. The molecular formula is C14H18O5. The van der Waals surface area contributed by atoms with Crippen molar-refractivity contribution in [1.29, 1.82) is 0 Å². The van der Waals surface area contributed by atoms with Gasteiger partial charge in [0.15, 0.2) is 17.3 Å². The van der Waals surface area contributed by atoms with Gasteiger partial charge < -0.3 is 14.2 Å². The molecule has 0 spiro atoms. The maximum Gasteiger partial charge on any atom is 0.306 e. The van der Waals surface area contributed by atoms with Crippen molar-refractivity contribution < 1.29 is 23.8 Å². The highest BCUT2D eigenvalue weighted by Crippen LogP contribution is 2.32. The van der Waals surface area contributed by atoms with Crippen LogP contribution in [0.1, 0.15) is 23.7 Å². The lowest BCUT2D eigenvalue weighted by Crippen LogP contribution is -2.17. The van der Waals surface area contributed by atoms with Crippen molar-refractivity contribution in [1.82, 2.24) is 0 Å². The molecule has 5 nitrogen and oxygen atoms in total. The van der Waals surface area contributed by atoms with Crippen LogP contribution < -0.4 is 9.47 Å². The smallest absolute Gasteiger partial charge is 0.306 e. The average molecular weight is 266 g/mol. The quantitative estimate of drug-likeness (QED) is 0.582. The number of para-hydroxylation sites is 1. The zero-order valence-corrected chi connectivity index (χ0v) is 11.6. The summed E-state index contributed by atoms with van der Waals surface area (Å²) < 4.78 is 14.9. The molecule has 0 saturated carbocycles. The number of ether oxygens (including phenoxy) is 3. The standard InChI is InChI=1S/C14H18O5/c1-9(8-12(15)18-3)13(16)10-6-5-7-11(17-2)14(10)19-4/h5-7,9H,8H2,1-4H3. The van der Waals surface area contributed by atoms with Crippen molar-refractivity contribution in [2.24, 2.45) is 5.92 Å². The van der Waals surface area contributed by atoms with E-state index in [1.807, 2.05) is 0 Å². The molecule has 19 heavy (non-hydrogen) atoms. The number of benzene rings is 1. The molecule has 0 amide bonds. The largest absolute Gasteiger partial charge is 0.493 e. The Morgan fingerprint density at radius 1 is 1.16 bits per heavy atom. The summed E-state index contributed by atoms with van der Waals surface area (Å²) in [5, 5.41) is 0. The fourth-order valence-corrected chi connectivity index (χ4v) is 1.77. The molecule has 0 radical (unpaired) electrons. The lowest BCUT2D eigenvalue weighted by Gasteiger charge is -2.14. The van der Waals surface area contributed by atoms with E-state index in [4.69, 9.17) is 9.47 Å². The van der Waals surface area contributed by atoms with Gasteiger partial charge in [0, 0.05) is 5.92 Å². The highest BCUT2D eigenvalue weighted by atomic mass is 16.5. The molecule has 0 saturated heterocycles. The van der Waals surface area contributed by atoms with Gasteiger partial charge in [-0.25, -0.2) is 0 Å². The zero-order chi connectivity index (χ0) is 14.4. The first-order valence-corrected chi connectivity index (χ1v) is 5.87. The number of methoxy groups -OCH3 is 3. The summed E-state index contributed by atoms with van der Waals surface area (Å²) in [7, 11) is 4.27. The normalized spacial score (nSPS) is 11.6. The summed E-state index contributed by atoms with van der Waals surface area (Å²) in [5.41, 5.74) is 0.401. The fraction of sp³-hybridized carbons (Fsp3) is 0.429. The van der Waals surface area contributed by atoms with Crippen LogP contribution in [-0.4, -0.2) is 33.1 Å². The van der Waals surface area contributed by atoms with Gasteiger partial charge in [0.2, 0.25) is 0 Å². The van der Waals surface area contributed by atoms with Crippen molar-refractivity contribution in [2.75, 3.05) is 21.3 Å². The molecule has 0 aliphatic rings. The molecule has 0 fully saturated rings. The molecule has 1 rings (SSSR count). The molecule has 0 heterocycles. The van der Waals surface area contributed by atoms with Crippen LogP contribution in [0.5, 0.6) is 11.5 Å². The molecule has 0 bridgehead atoms. The first-order chi connectivity index (χ1) is 9.04. The van der Waals surface area contributed by atoms with Crippen LogP contribution in [0.3, 0.4) is 0 Å². The van der Waals surface area contributed by atoms with E-state index in [0.29, 0.717) is 17.1 Å². The lowest BCUT2D eigenvalue weighted by atomic mass is 9.95. The maximum absolute atomic E-state index is 12.3. The number of rotatable bonds is 6. The third-order valence-electron chi connectivity index (χ3n) is 2.82. The third-order valence-corrected chi connectivity index (χ3v) is 2.82. The fourth-order valence-electron chi connectivity index (χ4n) is 1.77. The second-order valence-corrected chi connectivity index (χ2v) is 4.09. The number of carbonyl (C=O) groups is 2. The average Bonchev–Trinajstić information content (AvgIpc) is 2.44. The highest BCUT2D eigenvalue weighted by molar-refractivity contribution is 6.02. The van der Waals surface area contributed by atoms with Gasteiger partial charge in [0.1, 0.15) is 0 Å². The topological polar surface area (TPSA) is 61.8 Å². The first kappa shape index (κ1) is 15.0.